The van der Waals surface area contributed by atoms with Gasteiger partial charge in [0, 0.05) is 20.8 Å². The fourth-order valence-corrected chi connectivity index (χ4v) is 3.60. The number of halogens is 1. The van der Waals surface area contributed by atoms with E-state index in [0.717, 1.165) is 10.2 Å². The van der Waals surface area contributed by atoms with Gasteiger partial charge < -0.3 is 10.1 Å². The maximum absolute atomic E-state index is 12.0. The first-order valence-corrected chi connectivity index (χ1v) is 9.73. The highest BCUT2D eigenvalue weighted by Crippen LogP contribution is 2.17. The topological polar surface area (TPSA) is 55.4 Å². The largest absolute Gasteiger partial charge is 0.452 e. The number of amides is 1. The summed E-state index contributed by atoms with van der Waals surface area (Å²) in [4.78, 5) is 25.0. The van der Waals surface area contributed by atoms with Gasteiger partial charge in [0.05, 0.1) is 5.75 Å². The van der Waals surface area contributed by atoms with Crippen molar-refractivity contribution in [3.05, 3.63) is 51.1 Å². The zero-order chi connectivity index (χ0) is 16.7. The Morgan fingerprint density at radius 3 is 2.70 bits per heavy atom. The molecular weight excluding hydrogens is 398 g/mol. The van der Waals surface area contributed by atoms with Crippen LogP contribution in [0.4, 0.5) is 5.69 Å². The standard InChI is InChI=1S/C16H16BrNO3S2/c1-11(16(20)18-13-6-4-12(17)5-7-13)21-15(19)10-22-9-14-3-2-8-23-14/h2-8,11H,9-10H2,1H3,(H,18,20)/t11-/m0/s1. The molecule has 1 heterocycles. The normalized spacial score (nSPS) is 11.7. The highest BCUT2D eigenvalue weighted by molar-refractivity contribution is 9.10. The van der Waals surface area contributed by atoms with Crippen LogP contribution in [0.25, 0.3) is 0 Å². The third kappa shape index (κ3) is 6.37. The van der Waals surface area contributed by atoms with Gasteiger partial charge in [0.2, 0.25) is 0 Å². The molecule has 0 unspecified atom stereocenters. The molecule has 0 aliphatic carbocycles. The van der Waals surface area contributed by atoms with Gasteiger partial charge in [-0.3, -0.25) is 9.59 Å². The fourth-order valence-electron chi connectivity index (χ4n) is 1.69. The molecule has 2 rings (SSSR count). The number of benzene rings is 1. The molecule has 0 saturated heterocycles. The lowest BCUT2D eigenvalue weighted by Gasteiger charge is -2.13. The predicted octanol–water partition coefficient (Wildman–Crippen LogP) is 4.31. The summed E-state index contributed by atoms with van der Waals surface area (Å²) in [6.07, 6.45) is -0.825. The Balaban J connectivity index is 1.71. The van der Waals surface area contributed by atoms with Crippen molar-refractivity contribution < 1.29 is 14.3 Å². The zero-order valence-corrected chi connectivity index (χ0v) is 15.7. The first kappa shape index (κ1) is 18.0. The van der Waals surface area contributed by atoms with Crippen molar-refractivity contribution in [1.82, 2.24) is 0 Å². The average Bonchev–Trinajstić information content (AvgIpc) is 3.02. The van der Waals surface area contributed by atoms with E-state index in [-0.39, 0.29) is 17.6 Å². The van der Waals surface area contributed by atoms with Gasteiger partial charge in [-0.2, -0.15) is 0 Å². The van der Waals surface area contributed by atoms with Crippen molar-refractivity contribution in [2.24, 2.45) is 0 Å². The smallest absolute Gasteiger partial charge is 0.316 e. The number of rotatable bonds is 7. The molecule has 2 aromatic rings. The molecule has 0 radical (unpaired) electrons. The maximum Gasteiger partial charge on any atom is 0.316 e. The second-order valence-electron chi connectivity index (χ2n) is 4.70. The lowest BCUT2D eigenvalue weighted by atomic mass is 10.3. The summed E-state index contributed by atoms with van der Waals surface area (Å²) >= 11 is 6.46. The van der Waals surface area contributed by atoms with E-state index in [2.05, 4.69) is 21.2 Å². The number of carbonyl (C=O) groups is 2. The molecule has 0 aliphatic heterocycles. The van der Waals surface area contributed by atoms with Gasteiger partial charge >= 0.3 is 5.97 Å². The minimum atomic E-state index is -0.825. The van der Waals surface area contributed by atoms with Gasteiger partial charge in [0.25, 0.3) is 5.91 Å². The number of nitrogens with one attached hydrogen (secondary N) is 1. The number of thiophene rings is 1. The summed E-state index contributed by atoms with van der Waals surface area (Å²) in [5.41, 5.74) is 0.660. The van der Waals surface area contributed by atoms with Crippen LogP contribution >= 0.6 is 39.0 Å². The van der Waals surface area contributed by atoms with Crippen molar-refractivity contribution in [2.75, 3.05) is 11.1 Å². The van der Waals surface area contributed by atoms with Crippen molar-refractivity contribution in [1.29, 1.82) is 0 Å². The second-order valence-corrected chi connectivity index (χ2v) is 7.63. The molecule has 0 saturated carbocycles. The minimum absolute atomic E-state index is 0.230. The molecule has 0 bridgehead atoms. The first-order chi connectivity index (χ1) is 11.0. The Morgan fingerprint density at radius 1 is 1.30 bits per heavy atom. The van der Waals surface area contributed by atoms with Crippen LogP contribution in [0, 0.1) is 0 Å². The lowest BCUT2D eigenvalue weighted by Crippen LogP contribution is -2.30. The Kier molecular flexibility index (Phi) is 7.14. The van der Waals surface area contributed by atoms with Gasteiger partial charge in [0.15, 0.2) is 6.10 Å². The van der Waals surface area contributed by atoms with Crippen molar-refractivity contribution in [3.63, 3.8) is 0 Å². The van der Waals surface area contributed by atoms with Crippen molar-refractivity contribution >= 4 is 56.6 Å². The molecular formula is C16H16BrNO3S2. The molecule has 1 amide bonds. The number of carbonyl (C=O) groups excluding carboxylic acids is 2. The van der Waals surface area contributed by atoms with Gasteiger partial charge in [-0.1, -0.05) is 22.0 Å². The Labute approximate surface area is 151 Å². The molecule has 1 aromatic heterocycles. The van der Waals surface area contributed by atoms with Crippen LogP contribution in [0.3, 0.4) is 0 Å². The summed E-state index contributed by atoms with van der Waals surface area (Å²) < 4.78 is 6.08. The second kappa shape index (κ2) is 9.10. The predicted molar refractivity (Wildman–Crippen MR) is 98.8 cm³/mol. The zero-order valence-electron chi connectivity index (χ0n) is 12.5. The quantitative estimate of drug-likeness (QED) is 0.686. The van der Waals surface area contributed by atoms with E-state index in [9.17, 15) is 9.59 Å². The number of hydrogen-bond donors (Lipinski definition) is 1. The van der Waals surface area contributed by atoms with Gasteiger partial charge in [-0.15, -0.1) is 23.1 Å². The third-order valence-electron chi connectivity index (χ3n) is 2.83. The average molecular weight is 414 g/mol. The maximum atomic E-state index is 12.0. The molecule has 0 aliphatic rings. The van der Waals surface area contributed by atoms with Crippen molar-refractivity contribution in [3.8, 4) is 0 Å². The Morgan fingerprint density at radius 2 is 2.04 bits per heavy atom. The molecule has 0 spiro atoms. The van der Waals surface area contributed by atoms with Crippen LogP contribution in [0.5, 0.6) is 0 Å². The molecule has 1 atom stereocenters. The van der Waals surface area contributed by atoms with Crippen LogP contribution in [0.1, 0.15) is 11.8 Å². The molecule has 4 nitrogen and oxygen atoms in total. The number of hydrogen-bond acceptors (Lipinski definition) is 5. The number of thioether (sulfide) groups is 1. The SMILES string of the molecule is C[C@H](OC(=O)CSCc1cccs1)C(=O)Nc1ccc(Br)cc1. The molecule has 1 N–H and O–H groups in total. The van der Waals surface area contributed by atoms with Gasteiger partial charge in [0.1, 0.15) is 0 Å². The van der Waals surface area contributed by atoms with Crippen LogP contribution in [-0.2, 0) is 20.1 Å². The lowest BCUT2D eigenvalue weighted by molar-refractivity contribution is -0.150. The molecule has 7 heteroatoms. The Bertz CT molecular complexity index is 644. The number of anilines is 1. The molecule has 122 valence electrons. The van der Waals surface area contributed by atoms with Crippen LogP contribution in [0.2, 0.25) is 0 Å². The van der Waals surface area contributed by atoms with E-state index in [0.29, 0.717) is 5.69 Å². The molecule has 1 aromatic carbocycles. The van der Waals surface area contributed by atoms with E-state index in [1.54, 1.807) is 30.4 Å². The molecule has 23 heavy (non-hydrogen) atoms. The summed E-state index contributed by atoms with van der Waals surface area (Å²) in [5.74, 6) is 0.272. The monoisotopic (exact) mass is 413 g/mol. The summed E-state index contributed by atoms with van der Waals surface area (Å²) in [6.45, 7) is 1.57. The third-order valence-corrected chi connectivity index (χ3v) is 5.38. The van der Waals surface area contributed by atoms with Crippen LogP contribution in [0.15, 0.2) is 46.3 Å². The van der Waals surface area contributed by atoms with E-state index < -0.39 is 6.10 Å². The summed E-state index contributed by atoms with van der Waals surface area (Å²) in [6, 6.07) is 11.2. The van der Waals surface area contributed by atoms with Crippen LogP contribution in [-0.4, -0.2) is 23.7 Å². The van der Waals surface area contributed by atoms with E-state index >= 15 is 0 Å². The highest BCUT2D eigenvalue weighted by Gasteiger charge is 2.17. The Hall–Kier alpha value is -1.31. The van der Waals surface area contributed by atoms with Crippen molar-refractivity contribution in [2.45, 2.75) is 18.8 Å². The summed E-state index contributed by atoms with van der Waals surface area (Å²) in [7, 11) is 0. The van der Waals surface area contributed by atoms with E-state index in [1.165, 1.54) is 16.6 Å². The molecule has 0 fully saturated rings. The highest BCUT2D eigenvalue weighted by atomic mass is 79.9. The number of ether oxygens (including phenoxy) is 1. The van der Waals surface area contributed by atoms with Crippen LogP contribution < -0.4 is 5.32 Å². The minimum Gasteiger partial charge on any atom is -0.452 e. The first-order valence-electron chi connectivity index (χ1n) is 6.90. The van der Waals surface area contributed by atoms with E-state index in [4.69, 9.17) is 4.74 Å². The van der Waals surface area contributed by atoms with Gasteiger partial charge in [-0.25, -0.2) is 0 Å². The fraction of sp³-hybridized carbons (Fsp3) is 0.250. The van der Waals surface area contributed by atoms with Gasteiger partial charge in [-0.05, 0) is 42.6 Å². The number of esters is 1. The summed E-state index contributed by atoms with van der Waals surface area (Å²) in [5, 5.41) is 4.71. The van der Waals surface area contributed by atoms with E-state index in [1.807, 2.05) is 29.6 Å².